The van der Waals surface area contributed by atoms with Gasteiger partial charge in [0, 0.05) is 22.2 Å². The van der Waals surface area contributed by atoms with Crippen LogP contribution in [0.1, 0.15) is 31.1 Å². The standard InChI is InChI=1S/C21H13BrN2O8/c22-12-4-7-18(32-14-5-6-15(20(26)27)16(10-14)21(28)29)17(9-12)23-19(25)11-2-1-3-13(8-11)24(30)31/h1-10H,(H,23,25)(H,26,27)(H,28,29). The maximum atomic E-state index is 12.6. The lowest BCUT2D eigenvalue weighted by Gasteiger charge is -2.14. The van der Waals surface area contributed by atoms with Gasteiger partial charge in [0.25, 0.3) is 11.6 Å². The summed E-state index contributed by atoms with van der Waals surface area (Å²) in [7, 11) is 0. The molecule has 3 rings (SSSR count). The molecule has 3 aromatic carbocycles. The van der Waals surface area contributed by atoms with Crippen molar-refractivity contribution in [1.29, 1.82) is 0 Å². The molecule has 0 saturated heterocycles. The molecule has 3 N–H and O–H groups in total. The van der Waals surface area contributed by atoms with Crippen molar-refractivity contribution in [2.75, 3.05) is 5.32 Å². The average Bonchev–Trinajstić information content (AvgIpc) is 2.75. The summed E-state index contributed by atoms with van der Waals surface area (Å²) >= 11 is 3.28. The zero-order chi connectivity index (χ0) is 23.4. The summed E-state index contributed by atoms with van der Waals surface area (Å²) in [6.45, 7) is 0. The lowest BCUT2D eigenvalue weighted by Crippen LogP contribution is -2.13. The Hall–Kier alpha value is -4.25. The van der Waals surface area contributed by atoms with Crippen molar-refractivity contribution in [3.8, 4) is 11.5 Å². The number of nitro benzene ring substituents is 1. The highest BCUT2D eigenvalue weighted by molar-refractivity contribution is 9.10. The van der Waals surface area contributed by atoms with Gasteiger partial charge in [-0.1, -0.05) is 22.0 Å². The molecule has 32 heavy (non-hydrogen) atoms. The third-order valence-corrected chi connectivity index (χ3v) is 4.68. The highest BCUT2D eigenvalue weighted by Gasteiger charge is 2.18. The Morgan fingerprint density at radius 1 is 0.938 bits per heavy atom. The summed E-state index contributed by atoms with van der Waals surface area (Å²) in [4.78, 5) is 45.5. The maximum absolute atomic E-state index is 12.6. The van der Waals surface area contributed by atoms with E-state index in [1.54, 1.807) is 6.07 Å². The van der Waals surface area contributed by atoms with Gasteiger partial charge in [-0.25, -0.2) is 9.59 Å². The first kappa shape index (κ1) is 22.4. The fourth-order valence-corrected chi connectivity index (χ4v) is 3.08. The fraction of sp³-hybridized carbons (Fsp3) is 0. The Bertz CT molecular complexity index is 1260. The van der Waals surface area contributed by atoms with Crippen molar-refractivity contribution >= 4 is 45.2 Å². The SMILES string of the molecule is O=C(Nc1cc(Br)ccc1Oc1ccc(C(=O)O)c(C(=O)O)c1)c1cccc([N+](=O)[O-])c1. The van der Waals surface area contributed by atoms with Crippen LogP contribution in [0.3, 0.4) is 0 Å². The number of carboxylic acid groups (broad SMARTS) is 2. The predicted molar refractivity (Wildman–Crippen MR) is 116 cm³/mol. The van der Waals surface area contributed by atoms with Gasteiger partial charge in [-0.2, -0.15) is 0 Å². The van der Waals surface area contributed by atoms with Gasteiger partial charge in [-0.3, -0.25) is 14.9 Å². The van der Waals surface area contributed by atoms with E-state index in [1.807, 2.05) is 0 Å². The van der Waals surface area contributed by atoms with Crippen LogP contribution in [0.5, 0.6) is 11.5 Å². The highest BCUT2D eigenvalue weighted by Crippen LogP contribution is 2.33. The van der Waals surface area contributed by atoms with Crippen molar-refractivity contribution in [2.24, 2.45) is 0 Å². The van der Waals surface area contributed by atoms with Crippen molar-refractivity contribution in [3.05, 3.63) is 91.9 Å². The second-order valence-corrected chi connectivity index (χ2v) is 7.24. The molecule has 0 aliphatic heterocycles. The zero-order valence-corrected chi connectivity index (χ0v) is 17.5. The molecule has 1 amide bonds. The number of hydrogen-bond donors (Lipinski definition) is 3. The molecule has 0 heterocycles. The van der Waals surface area contributed by atoms with Gasteiger partial charge >= 0.3 is 11.9 Å². The number of nitro groups is 1. The van der Waals surface area contributed by atoms with Crippen LogP contribution in [-0.4, -0.2) is 33.0 Å². The number of benzene rings is 3. The first-order valence-electron chi connectivity index (χ1n) is 8.79. The van der Waals surface area contributed by atoms with Gasteiger partial charge in [-0.15, -0.1) is 0 Å². The minimum Gasteiger partial charge on any atom is -0.478 e. The third kappa shape index (κ3) is 5.08. The Balaban J connectivity index is 1.92. The Morgan fingerprint density at radius 3 is 2.31 bits per heavy atom. The van der Waals surface area contributed by atoms with E-state index in [4.69, 9.17) is 9.84 Å². The average molecular weight is 501 g/mol. The number of carbonyl (C=O) groups excluding carboxylic acids is 1. The van der Waals surface area contributed by atoms with Crippen molar-refractivity contribution in [1.82, 2.24) is 0 Å². The van der Waals surface area contributed by atoms with Gasteiger partial charge in [0.15, 0.2) is 5.75 Å². The Morgan fingerprint density at radius 2 is 1.66 bits per heavy atom. The first-order chi connectivity index (χ1) is 15.2. The van der Waals surface area contributed by atoms with Gasteiger partial charge < -0.3 is 20.3 Å². The predicted octanol–water partition coefficient (Wildman–Crippen LogP) is 4.80. The molecule has 0 aliphatic rings. The van der Waals surface area contributed by atoms with Crippen LogP contribution in [0.25, 0.3) is 0 Å². The van der Waals surface area contributed by atoms with Gasteiger partial charge in [-0.05, 0) is 42.5 Å². The topological polar surface area (TPSA) is 156 Å². The highest BCUT2D eigenvalue weighted by atomic mass is 79.9. The number of halogens is 1. The van der Waals surface area contributed by atoms with E-state index in [0.29, 0.717) is 4.47 Å². The van der Waals surface area contributed by atoms with E-state index in [2.05, 4.69) is 21.2 Å². The third-order valence-electron chi connectivity index (χ3n) is 4.19. The quantitative estimate of drug-likeness (QED) is 0.308. The number of amides is 1. The molecule has 0 radical (unpaired) electrons. The maximum Gasteiger partial charge on any atom is 0.336 e. The Labute approximate surface area is 188 Å². The number of ether oxygens (including phenoxy) is 1. The van der Waals surface area contributed by atoms with Crippen LogP contribution >= 0.6 is 15.9 Å². The smallest absolute Gasteiger partial charge is 0.336 e. The van der Waals surface area contributed by atoms with E-state index in [9.17, 15) is 29.6 Å². The fourth-order valence-electron chi connectivity index (χ4n) is 2.72. The zero-order valence-electron chi connectivity index (χ0n) is 15.9. The summed E-state index contributed by atoms with van der Waals surface area (Å²) in [6, 6.07) is 13.2. The van der Waals surface area contributed by atoms with E-state index >= 15 is 0 Å². The van der Waals surface area contributed by atoms with Crippen LogP contribution in [0.4, 0.5) is 11.4 Å². The number of carbonyl (C=O) groups is 3. The molecule has 162 valence electrons. The Kier molecular flexibility index (Phi) is 6.50. The second-order valence-electron chi connectivity index (χ2n) is 6.32. The largest absolute Gasteiger partial charge is 0.478 e. The molecule has 11 heteroatoms. The van der Waals surface area contributed by atoms with Crippen LogP contribution in [0.15, 0.2) is 65.1 Å². The number of carboxylic acids is 2. The van der Waals surface area contributed by atoms with Crippen molar-refractivity contribution in [3.63, 3.8) is 0 Å². The van der Waals surface area contributed by atoms with E-state index in [1.165, 1.54) is 36.4 Å². The van der Waals surface area contributed by atoms with E-state index in [-0.39, 0.29) is 28.4 Å². The van der Waals surface area contributed by atoms with Crippen LogP contribution < -0.4 is 10.1 Å². The summed E-state index contributed by atoms with van der Waals surface area (Å²) in [5.74, 6) is -3.32. The second kappa shape index (κ2) is 9.27. The summed E-state index contributed by atoms with van der Waals surface area (Å²) in [5.41, 5.74) is -0.878. The molecule has 0 aliphatic carbocycles. The van der Waals surface area contributed by atoms with Crippen LogP contribution in [-0.2, 0) is 0 Å². The summed E-state index contributed by atoms with van der Waals surface area (Å²) < 4.78 is 6.28. The molecule has 0 saturated carbocycles. The number of aromatic carboxylic acids is 2. The molecule has 0 aromatic heterocycles. The summed E-state index contributed by atoms with van der Waals surface area (Å²) in [5, 5.41) is 31.9. The normalized spacial score (nSPS) is 10.3. The molecule has 0 bridgehead atoms. The van der Waals surface area contributed by atoms with Crippen LogP contribution in [0, 0.1) is 10.1 Å². The van der Waals surface area contributed by atoms with Gasteiger partial charge in [0.1, 0.15) is 5.75 Å². The molecule has 0 unspecified atom stereocenters. The summed E-state index contributed by atoms with van der Waals surface area (Å²) in [6.07, 6.45) is 0. The van der Waals surface area contributed by atoms with E-state index in [0.717, 1.165) is 18.2 Å². The minimum atomic E-state index is -1.44. The number of non-ortho nitro benzene ring substituents is 1. The van der Waals surface area contributed by atoms with Crippen molar-refractivity contribution < 1.29 is 34.3 Å². The molecular weight excluding hydrogens is 488 g/mol. The van der Waals surface area contributed by atoms with Gasteiger partial charge in [0.05, 0.1) is 21.7 Å². The lowest BCUT2D eigenvalue weighted by molar-refractivity contribution is -0.384. The molecule has 0 atom stereocenters. The monoisotopic (exact) mass is 500 g/mol. The molecule has 0 spiro atoms. The number of nitrogens with one attached hydrogen (secondary N) is 1. The molecule has 0 fully saturated rings. The number of nitrogens with zero attached hydrogens (tertiary/aromatic N) is 1. The van der Waals surface area contributed by atoms with E-state index < -0.39 is 33.9 Å². The minimum absolute atomic E-state index is 0.0283. The lowest BCUT2D eigenvalue weighted by atomic mass is 10.1. The van der Waals surface area contributed by atoms with Crippen LogP contribution in [0.2, 0.25) is 0 Å². The number of hydrogen-bond acceptors (Lipinski definition) is 6. The molecule has 3 aromatic rings. The number of anilines is 1. The molecule has 10 nitrogen and oxygen atoms in total. The van der Waals surface area contributed by atoms with Crippen molar-refractivity contribution in [2.45, 2.75) is 0 Å². The first-order valence-corrected chi connectivity index (χ1v) is 9.59. The molecular formula is C21H13BrN2O8. The number of rotatable bonds is 7. The van der Waals surface area contributed by atoms with Gasteiger partial charge in [0.2, 0.25) is 0 Å².